The maximum atomic E-state index is 13.9. The third kappa shape index (κ3) is 5.49. The van der Waals surface area contributed by atoms with E-state index < -0.39 is 17.6 Å². The van der Waals surface area contributed by atoms with Crippen LogP contribution in [-0.4, -0.2) is 66.1 Å². The third-order valence-corrected chi connectivity index (χ3v) is 7.31. The molecular formula is C30H30FN3O5. The lowest BCUT2D eigenvalue weighted by Gasteiger charge is -2.44. The fourth-order valence-corrected chi connectivity index (χ4v) is 5.23. The van der Waals surface area contributed by atoms with Crippen LogP contribution < -0.4 is 10.1 Å². The first kappa shape index (κ1) is 26.4. The Morgan fingerprint density at radius 2 is 1.64 bits per heavy atom. The molecule has 1 spiro atoms. The van der Waals surface area contributed by atoms with Crippen LogP contribution in [0.1, 0.15) is 39.1 Å². The van der Waals surface area contributed by atoms with Gasteiger partial charge in [0.25, 0.3) is 11.8 Å². The van der Waals surface area contributed by atoms with E-state index in [2.05, 4.69) is 5.32 Å². The van der Waals surface area contributed by atoms with Gasteiger partial charge in [0, 0.05) is 43.6 Å². The smallest absolute Gasteiger partial charge is 0.257 e. The lowest BCUT2D eigenvalue weighted by molar-refractivity contribution is -0.128. The molecule has 2 heterocycles. The van der Waals surface area contributed by atoms with Crippen molar-refractivity contribution in [2.24, 2.45) is 0 Å². The van der Waals surface area contributed by atoms with Crippen molar-refractivity contribution in [3.63, 3.8) is 0 Å². The maximum Gasteiger partial charge on any atom is 0.257 e. The molecule has 9 heteroatoms. The lowest BCUT2D eigenvalue weighted by atomic mass is 9.96. The minimum atomic E-state index is -1.06. The number of ether oxygens (including phenoxy) is 2. The molecule has 0 saturated carbocycles. The number of carbonyl (C=O) groups excluding carboxylic acids is 3. The highest BCUT2D eigenvalue weighted by Crippen LogP contribution is 2.39. The zero-order chi connectivity index (χ0) is 27.4. The summed E-state index contributed by atoms with van der Waals surface area (Å²) in [7, 11) is 1.52. The van der Waals surface area contributed by atoms with Crippen molar-refractivity contribution >= 4 is 17.7 Å². The van der Waals surface area contributed by atoms with Crippen molar-refractivity contribution in [2.45, 2.75) is 31.2 Å². The van der Waals surface area contributed by atoms with Gasteiger partial charge in [0.2, 0.25) is 5.91 Å². The molecule has 2 aliphatic heterocycles. The van der Waals surface area contributed by atoms with E-state index in [0.717, 1.165) is 5.56 Å². The second-order valence-corrected chi connectivity index (χ2v) is 9.69. The number of nitrogens with one attached hydrogen (secondary N) is 1. The molecule has 3 aromatic carbocycles. The maximum absolute atomic E-state index is 13.9. The van der Waals surface area contributed by atoms with Crippen LogP contribution in [0.3, 0.4) is 0 Å². The molecule has 5 rings (SSSR count). The predicted molar refractivity (Wildman–Crippen MR) is 141 cm³/mol. The zero-order valence-electron chi connectivity index (χ0n) is 21.6. The van der Waals surface area contributed by atoms with Crippen molar-refractivity contribution in [3.05, 3.63) is 101 Å². The highest BCUT2D eigenvalue weighted by atomic mass is 19.1. The number of piperidine rings is 1. The van der Waals surface area contributed by atoms with Gasteiger partial charge in [-0.15, -0.1) is 0 Å². The minimum Gasteiger partial charge on any atom is -0.497 e. The number of likely N-dealkylation sites (tertiary alicyclic amines) is 1. The van der Waals surface area contributed by atoms with Crippen molar-refractivity contribution in [2.75, 3.05) is 26.8 Å². The van der Waals surface area contributed by atoms with E-state index in [1.165, 1.54) is 30.2 Å². The number of hydrogen-bond donors (Lipinski definition) is 1. The van der Waals surface area contributed by atoms with Crippen molar-refractivity contribution in [1.29, 1.82) is 0 Å². The van der Waals surface area contributed by atoms with E-state index in [1.54, 1.807) is 35.2 Å². The second kappa shape index (κ2) is 11.2. The number of methoxy groups -OCH3 is 1. The molecule has 8 nitrogen and oxygen atoms in total. The van der Waals surface area contributed by atoms with Gasteiger partial charge in [-0.05, 0) is 42.0 Å². The van der Waals surface area contributed by atoms with E-state index in [0.29, 0.717) is 30.7 Å². The molecule has 0 aromatic heterocycles. The van der Waals surface area contributed by atoms with E-state index in [-0.39, 0.29) is 43.0 Å². The molecule has 2 saturated heterocycles. The van der Waals surface area contributed by atoms with Crippen LogP contribution >= 0.6 is 0 Å². The summed E-state index contributed by atoms with van der Waals surface area (Å²) in [5.41, 5.74) is 0.515. The first-order valence-electron chi connectivity index (χ1n) is 12.9. The van der Waals surface area contributed by atoms with Gasteiger partial charge in [-0.1, -0.05) is 42.5 Å². The topological polar surface area (TPSA) is 88.2 Å². The molecule has 3 aromatic rings. The molecule has 202 valence electrons. The van der Waals surface area contributed by atoms with Crippen LogP contribution in [0.2, 0.25) is 0 Å². The quantitative estimate of drug-likeness (QED) is 0.525. The van der Waals surface area contributed by atoms with Crippen LogP contribution in [0, 0.1) is 5.82 Å². The van der Waals surface area contributed by atoms with E-state index in [9.17, 15) is 18.8 Å². The average molecular weight is 532 g/mol. The van der Waals surface area contributed by atoms with Crippen LogP contribution in [0.25, 0.3) is 0 Å². The molecular weight excluding hydrogens is 501 g/mol. The van der Waals surface area contributed by atoms with Gasteiger partial charge in [0.1, 0.15) is 23.3 Å². The largest absolute Gasteiger partial charge is 0.497 e. The normalized spacial score (nSPS) is 18.2. The Balaban J connectivity index is 1.38. The number of nitrogens with zero attached hydrogens (tertiary/aromatic N) is 2. The summed E-state index contributed by atoms with van der Waals surface area (Å²) in [6.45, 7) is 0.930. The van der Waals surface area contributed by atoms with Gasteiger partial charge in [-0.2, -0.15) is 0 Å². The number of benzene rings is 3. The summed E-state index contributed by atoms with van der Waals surface area (Å²) in [6.07, 6.45) is 0.623. The van der Waals surface area contributed by atoms with Crippen LogP contribution in [0.15, 0.2) is 78.9 Å². The Labute approximate surface area is 226 Å². The molecule has 0 bridgehead atoms. The Bertz CT molecular complexity index is 1360. The van der Waals surface area contributed by atoms with Crippen LogP contribution in [0.4, 0.5) is 4.39 Å². The van der Waals surface area contributed by atoms with Crippen LogP contribution in [0.5, 0.6) is 5.75 Å². The Morgan fingerprint density at radius 1 is 0.949 bits per heavy atom. The number of halogens is 1. The number of hydrogen-bond acceptors (Lipinski definition) is 5. The Morgan fingerprint density at radius 3 is 2.33 bits per heavy atom. The van der Waals surface area contributed by atoms with E-state index in [4.69, 9.17) is 9.47 Å². The molecule has 2 aliphatic rings. The van der Waals surface area contributed by atoms with Gasteiger partial charge in [0.05, 0.1) is 13.7 Å². The summed E-state index contributed by atoms with van der Waals surface area (Å²) in [5, 5.41) is 2.94. The standard InChI is InChI=1S/C30H30FN3O5/c1-38-25-12-6-10-23(18-25)29(37)34-26(27(35)32-19-21-7-3-2-4-8-21)20-39-30(34)13-15-33(16-14-30)28(36)22-9-5-11-24(31)17-22/h2-12,17-18,26H,13-16,19-20H2,1H3,(H,32,35)/t26-/m0/s1. The summed E-state index contributed by atoms with van der Waals surface area (Å²) >= 11 is 0. The van der Waals surface area contributed by atoms with Crippen molar-refractivity contribution in [1.82, 2.24) is 15.1 Å². The fourth-order valence-electron chi connectivity index (χ4n) is 5.23. The summed E-state index contributed by atoms with van der Waals surface area (Å²) in [6, 6.07) is 21.0. The molecule has 0 aliphatic carbocycles. The van der Waals surface area contributed by atoms with Gasteiger partial charge in [-0.3, -0.25) is 19.3 Å². The monoisotopic (exact) mass is 531 g/mol. The average Bonchev–Trinajstić information content (AvgIpc) is 3.34. The molecule has 2 fully saturated rings. The van der Waals surface area contributed by atoms with Gasteiger partial charge < -0.3 is 19.7 Å². The van der Waals surface area contributed by atoms with Gasteiger partial charge in [0.15, 0.2) is 0 Å². The first-order chi connectivity index (χ1) is 18.9. The number of carbonyl (C=O) groups is 3. The van der Waals surface area contributed by atoms with Crippen molar-refractivity contribution in [3.8, 4) is 5.75 Å². The predicted octanol–water partition coefficient (Wildman–Crippen LogP) is 3.62. The summed E-state index contributed by atoms with van der Waals surface area (Å²) in [4.78, 5) is 43.5. The SMILES string of the molecule is COc1cccc(C(=O)N2[C@H](C(=O)NCc3ccccc3)COC23CCN(C(=O)c2cccc(F)c2)CC3)c1. The first-order valence-corrected chi connectivity index (χ1v) is 12.9. The van der Waals surface area contributed by atoms with Crippen LogP contribution in [-0.2, 0) is 16.1 Å². The summed E-state index contributed by atoms with van der Waals surface area (Å²) < 4.78 is 25.3. The summed E-state index contributed by atoms with van der Waals surface area (Å²) in [5.74, 6) is -0.907. The fraction of sp³-hybridized carbons (Fsp3) is 0.300. The number of amides is 3. The minimum absolute atomic E-state index is 0.0359. The highest BCUT2D eigenvalue weighted by molar-refractivity contribution is 5.99. The molecule has 39 heavy (non-hydrogen) atoms. The molecule has 0 unspecified atom stereocenters. The Kier molecular flexibility index (Phi) is 7.60. The molecule has 1 atom stereocenters. The highest BCUT2D eigenvalue weighted by Gasteiger charge is 2.54. The van der Waals surface area contributed by atoms with Gasteiger partial charge in [-0.25, -0.2) is 4.39 Å². The second-order valence-electron chi connectivity index (χ2n) is 9.69. The molecule has 0 radical (unpaired) electrons. The van der Waals surface area contributed by atoms with E-state index >= 15 is 0 Å². The third-order valence-electron chi connectivity index (χ3n) is 7.31. The zero-order valence-corrected chi connectivity index (χ0v) is 21.6. The molecule has 3 amide bonds. The number of rotatable bonds is 6. The Hall–Kier alpha value is -4.24. The van der Waals surface area contributed by atoms with Crippen molar-refractivity contribution < 1.29 is 28.2 Å². The molecule has 1 N–H and O–H groups in total. The lowest BCUT2D eigenvalue weighted by Crippen LogP contribution is -2.59. The van der Waals surface area contributed by atoms with E-state index in [1.807, 2.05) is 30.3 Å². The van der Waals surface area contributed by atoms with Gasteiger partial charge >= 0.3 is 0 Å².